The number of benzene rings is 1. The van der Waals surface area contributed by atoms with Crippen molar-refractivity contribution in [3.05, 3.63) is 34.9 Å². The SMILES string of the molecule is CC(=O)[C@H](CCNC(CO)C1CCOCC1)c1ccc(Cl)cc1. The van der Waals surface area contributed by atoms with Crippen LogP contribution in [0.15, 0.2) is 24.3 Å². The van der Waals surface area contributed by atoms with Gasteiger partial charge in [0.15, 0.2) is 0 Å². The molecule has 128 valence electrons. The van der Waals surface area contributed by atoms with Gasteiger partial charge in [0.2, 0.25) is 0 Å². The van der Waals surface area contributed by atoms with E-state index in [1.54, 1.807) is 6.92 Å². The number of hydrogen-bond donors (Lipinski definition) is 2. The van der Waals surface area contributed by atoms with Crippen LogP contribution in [0.1, 0.15) is 37.7 Å². The van der Waals surface area contributed by atoms with Crippen LogP contribution in [0.3, 0.4) is 0 Å². The topological polar surface area (TPSA) is 58.6 Å². The molecule has 1 aromatic rings. The molecule has 1 unspecified atom stereocenters. The maximum Gasteiger partial charge on any atom is 0.137 e. The van der Waals surface area contributed by atoms with E-state index in [2.05, 4.69) is 5.32 Å². The molecule has 0 aliphatic carbocycles. The second-order valence-electron chi connectivity index (χ2n) is 6.20. The molecule has 1 saturated heterocycles. The van der Waals surface area contributed by atoms with Crippen LogP contribution in [0.2, 0.25) is 5.02 Å². The predicted octanol–water partition coefficient (Wildman–Crippen LogP) is 2.78. The Morgan fingerprint density at radius 1 is 1.35 bits per heavy atom. The van der Waals surface area contributed by atoms with Gasteiger partial charge in [-0.05, 0) is 56.3 Å². The Morgan fingerprint density at radius 2 is 2.00 bits per heavy atom. The highest BCUT2D eigenvalue weighted by atomic mass is 35.5. The number of halogens is 1. The summed E-state index contributed by atoms with van der Waals surface area (Å²) in [5.74, 6) is 0.467. The third-order valence-electron chi connectivity index (χ3n) is 4.63. The Labute approximate surface area is 143 Å². The van der Waals surface area contributed by atoms with Crippen molar-refractivity contribution in [2.45, 2.75) is 38.1 Å². The van der Waals surface area contributed by atoms with Crippen LogP contribution in [0.4, 0.5) is 0 Å². The number of carbonyl (C=O) groups is 1. The van der Waals surface area contributed by atoms with Crippen molar-refractivity contribution in [3.63, 3.8) is 0 Å². The normalized spacial score (nSPS) is 18.6. The summed E-state index contributed by atoms with van der Waals surface area (Å²) in [7, 11) is 0. The maximum absolute atomic E-state index is 11.9. The van der Waals surface area contributed by atoms with Gasteiger partial charge in [-0.2, -0.15) is 0 Å². The summed E-state index contributed by atoms with van der Waals surface area (Å²) < 4.78 is 5.37. The van der Waals surface area contributed by atoms with Gasteiger partial charge >= 0.3 is 0 Å². The molecule has 1 aliphatic rings. The molecule has 1 fully saturated rings. The predicted molar refractivity (Wildman–Crippen MR) is 91.9 cm³/mol. The summed E-state index contributed by atoms with van der Waals surface area (Å²) in [6.45, 7) is 3.99. The first-order chi connectivity index (χ1) is 11.1. The minimum atomic E-state index is -0.131. The van der Waals surface area contributed by atoms with E-state index < -0.39 is 0 Å². The highest BCUT2D eigenvalue weighted by Crippen LogP contribution is 2.23. The van der Waals surface area contributed by atoms with Crippen molar-refractivity contribution in [1.29, 1.82) is 0 Å². The highest BCUT2D eigenvalue weighted by molar-refractivity contribution is 6.30. The molecule has 23 heavy (non-hydrogen) atoms. The lowest BCUT2D eigenvalue weighted by Gasteiger charge is -2.30. The van der Waals surface area contributed by atoms with Gasteiger partial charge in [0.1, 0.15) is 5.78 Å². The van der Waals surface area contributed by atoms with E-state index in [0.717, 1.165) is 38.0 Å². The molecule has 0 radical (unpaired) electrons. The van der Waals surface area contributed by atoms with Crippen molar-refractivity contribution >= 4 is 17.4 Å². The Morgan fingerprint density at radius 3 is 2.57 bits per heavy atom. The maximum atomic E-state index is 11.9. The van der Waals surface area contributed by atoms with Crippen molar-refractivity contribution in [1.82, 2.24) is 5.32 Å². The van der Waals surface area contributed by atoms with Gasteiger partial charge in [-0.15, -0.1) is 0 Å². The van der Waals surface area contributed by atoms with E-state index >= 15 is 0 Å². The first kappa shape index (κ1) is 18.4. The van der Waals surface area contributed by atoms with Gasteiger partial charge in [-0.3, -0.25) is 4.79 Å². The number of hydrogen-bond acceptors (Lipinski definition) is 4. The summed E-state index contributed by atoms with van der Waals surface area (Å²) in [6, 6.07) is 7.54. The van der Waals surface area contributed by atoms with Gasteiger partial charge in [-0.25, -0.2) is 0 Å². The number of Topliss-reactive ketones (excluding diaryl/α,β-unsaturated/α-hetero) is 1. The number of rotatable bonds is 8. The molecular weight excluding hydrogens is 314 g/mol. The van der Waals surface area contributed by atoms with Crippen LogP contribution < -0.4 is 5.32 Å². The quantitative estimate of drug-likeness (QED) is 0.764. The smallest absolute Gasteiger partial charge is 0.137 e. The second-order valence-corrected chi connectivity index (χ2v) is 6.63. The molecule has 1 aromatic carbocycles. The highest BCUT2D eigenvalue weighted by Gasteiger charge is 2.24. The van der Waals surface area contributed by atoms with Crippen LogP contribution in [0.25, 0.3) is 0 Å². The molecule has 0 bridgehead atoms. The van der Waals surface area contributed by atoms with Crippen molar-refractivity contribution < 1.29 is 14.6 Å². The lowest BCUT2D eigenvalue weighted by Crippen LogP contribution is -2.42. The Hall–Kier alpha value is -0.940. The zero-order valence-electron chi connectivity index (χ0n) is 13.6. The summed E-state index contributed by atoms with van der Waals surface area (Å²) in [4.78, 5) is 11.9. The van der Waals surface area contributed by atoms with E-state index in [1.165, 1.54) is 0 Å². The van der Waals surface area contributed by atoms with Crippen LogP contribution in [-0.2, 0) is 9.53 Å². The molecule has 2 N–H and O–H groups in total. The van der Waals surface area contributed by atoms with E-state index in [0.29, 0.717) is 17.5 Å². The van der Waals surface area contributed by atoms with Crippen LogP contribution in [0.5, 0.6) is 0 Å². The fourth-order valence-electron chi connectivity index (χ4n) is 3.21. The fraction of sp³-hybridized carbons (Fsp3) is 0.611. The Kier molecular flexibility index (Phi) is 7.50. The minimum absolute atomic E-state index is 0.0803. The number of nitrogens with one attached hydrogen (secondary N) is 1. The molecule has 0 saturated carbocycles. The zero-order valence-corrected chi connectivity index (χ0v) is 14.4. The number of aliphatic hydroxyl groups excluding tert-OH is 1. The minimum Gasteiger partial charge on any atom is -0.395 e. The Balaban J connectivity index is 1.88. The standard InChI is InChI=1S/C18H26ClNO3/c1-13(22)17(14-2-4-16(19)5-3-14)6-9-20-18(12-21)15-7-10-23-11-8-15/h2-5,15,17-18,20-21H,6-12H2,1H3/t17-,18?/m0/s1. The van der Waals surface area contributed by atoms with Gasteiger partial charge in [0.25, 0.3) is 0 Å². The van der Waals surface area contributed by atoms with Gasteiger partial charge in [0.05, 0.1) is 6.61 Å². The molecule has 2 rings (SSSR count). The van der Waals surface area contributed by atoms with Gasteiger partial charge in [0, 0.05) is 30.2 Å². The summed E-state index contributed by atoms with van der Waals surface area (Å²) >= 11 is 5.91. The van der Waals surface area contributed by atoms with E-state index in [4.69, 9.17) is 16.3 Å². The van der Waals surface area contributed by atoms with E-state index in [1.807, 2.05) is 24.3 Å². The fourth-order valence-corrected chi connectivity index (χ4v) is 3.34. The van der Waals surface area contributed by atoms with Gasteiger partial charge < -0.3 is 15.2 Å². The molecule has 0 amide bonds. The van der Waals surface area contributed by atoms with E-state index in [9.17, 15) is 9.90 Å². The second kappa shape index (κ2) is 9.38. The number of ether oxygens (including phenoxy) is 1. The Bertz CT molecular complexity index is 486. The average molecular weight is 340 g/mol. The molecular formula is C18H26ClNO3. The molecule has 1 heterocycles. The first-order valence-electron chi connectivity index (χ1n) is 8.29. The third-order valence-corrected chi connectivity index (χ3v) is 4.89. The molecule has 5 heteroatoms. The lowest BCUT2D eigenvalue weighted by molar-refractivity contribution is -0.118. The van der Waals surface area contributed by atoms with Crippen LogP contribution >= 0.6 is 11.6 Å². The number of carbonyl (C=O) groups excluding carboxylic acids is 1. The average Bonchev–Trinajstić information content (AvgIpc) is 2.57. The van der Waals surface area contributed by atoms with Crippen LogP contribution in [-0.4, -0.2) is 43.3 Å². The zero-order chi connectivity index (χ0) is 16.7. The largest absolute Gasteiger partial charge is 0.395 e. The monoisotopic (exact) mass is 339 g/mol. The lowest BCUT2D eigenvalue weighted by atomic mass is 9.90. The first-order valence-corrected chi connectivity index (χ1v) is 8.67. The van der Waals surface area contributed by atoms with Crippen molar-refractivity contribution in [2.75, 3.05) is 26.4 Å². The molecule has 0 spiro atoms. The summed E-state index contributed by atoms with van der Waals surface area (Å²) in [5, 5.41) is 13.7. The van der Waals surface area contributed by atoms with Crippen molar-refractivity contribution in [3.8, 4) is 0 Å². The third kappa shape index (κ3) is 5.57. The van der Waals surface area contributed by atoms with Crippen LogP contribution in [0, 0.1) is 5.92 Å². The van der Waals surface area contributed by atoms with Gasteiger partial charge in [-0.1, -0.05) is 23.7 Å². The summed E-state index contributed by atoms with van der Waals surface area (Å²) in [6.07, 6.45) is 2.67. The van der Waals surface area contributed by atoms with Crippen molar-refractivity contribution in [2.24, 2.45) is 5.92 Å². The molecule has 1 aliphatic heterocycles. The molecule has 0 aromatic heterocycles. The summed E-state index contributed by atoms with van der Waals surface area (Å²) in [5.41, 5.74) is 0.996. The molecule has 2 atom stereocenters. The number of ketones is 1. The number of aliphatic hydroxyl groups is 1. The van der Waals surface area contributed by atoms with E-state index in [-0.39, 0.29) is 24.3 Å². The molecule has 4 nitrogen and oxygen atoms in total.